The standard InChI is InChI=1S/C13H19N/c1-7-12(9(2)3)13(10(4)5)11(6)8-14/h7,9-10H,1,6H2,2-5H3/b13-12+. The summed E-state index contributed by atoms with van der Waals surface area (Å²) in [5.41, 5.74) is 2.73. The summed E-state index contributed by atoms with van der Waals surface area (Å²) in [6.45, 7) is 15.9. The van der Waals surface area contributed by atoms with Crippen molar-refractivity contribution in [2.24, 2.45) is 11.8 Å². The number of nitrogens with zero attached hydrogens (tertiary/aromatic N) is 1. The van der Waals surface area contributed by atoms with Crippen LogP contribution in [0.3, 0.4) is 0 Å². The predicted octanol–water partition coefficient (Wildman–Crippen LogP) is 3.86. The number of hydrogen-bond acceptors (Lipinski definition) is 1. The second-order valence-corrected chi connectivity index (χ2v) is 3.97. The Morgan fingerprint density at radius 2 is 1.71 bits per heavy atom. The summed E-state index contributed by atoms with van der Waals surface area (Å²) >= 11 is 0. The molecule has 0 amide bonds. The highest BCUT2D eigenvalue weighted by molar-refractivity contribution is 5.47. The molecule has 0 radical (unpaired) electrons. The third kappa shape index (κ3) is 2.88. The van der Waals surface area contributed by atoms with E-state index in [9.17, 15) is 0 Å². The largest absolute Gasteiger partial charge is 0.192 e. The molecule has 0 aromatic carbocycles. The van der Waals surface area contributed by atoms with Gasteiger partial charge in [-0.3, -0.25) is 0 Å². The van der Waals surface area contributed by atoms with Crippen LogP contribution in [0.2, 0.25) is 0 Å². The van der Waals surface area contributed by atoms with E-state index < -0.39 is 0 Å². The lowest BCUT2D eigenvalue weighted by Crippen LogP contribution is -2.04. The minimum atomic E-state index is 0.317. The average molecular weight is 189 g/mol. The number of nitriles is 1. The Morgan fingerprint density at radius 1 is 1.21 bits per heavy atom. The first-order chi connectivity index (χ1) is 6.45. The first-order valence-electron chi connectivity index (χ1n) is 4.91. The molecule has 0 saturated heterocycles. The van der Waals surface area contributed by atoms with Gasteiger partial charge in [0.2, 0.25) is 0 Å². The summed E-state index contributed by atoms with van der Waals surface area (Å²) < 4.78 is 0. The number of hydrogen-bond donors (Lipinski definition) is 0. The fraction of sp³-hybridized carbons (Fsp3) is 0.462. The van der Waals surface area contributed by atoms with Crippen molar-refractivity contribution in [2.75, 3.05) is 0 Å². The van der Waals surface area contributed by atoms with Crippen LogP contribution in [-0.4, -0.2) is 0 Å². The summed E-state index contributed by atoms with van der Waals surface area (Å²) in [5, 5.41) is 8.86. The van der Waals surface area contributed by atoms with Crippen molar-refractivity contribution >= 4 is 0 Å². The monoisotopic (exact) mass is 189 g/mol. The third-order valence-corrected chi connectivity index (χ3v) is 2.19. The van der Waals surface area contributed by atoms with Gasteiger partial charge in [0.1, 0.15) is 0 Å². The van der Waals surface area contributed by atoms with Gasteiger partial charge in [0.15, 0.2) is 0 Å². The van der Waals surface area contributed by atoms with Gasteiger partial charge in [-0.25, -0.2) is 0 Å². The van der Waals surface area contributed by atoms with Gasteiger partial charge in [-0.1, -0.05) is 46.9 Å². The van der Waals surface area contributed by atoms with Crippen LogP contribution in [0, 0.1) is 23.2 Å². The Kier molecular flexibility index (Phi) is 4.94. The van der Waals surface area contributed by atoms with E-state index in [1.54, 1.807) is 0 Å². The maximum Gasteiger partial charge on any atom is 0.0988 e. The SMILES string of the molecule is C=C/C(=C(\C(=C)C#N)C(C)C)C(C)C. The van der Waals surface area contributed by atoms with Crippen LogP contribution in [-0.2, 0) is 0 Å². The van der Waals surface area contributed by atoms with Crippen LogP contribution >= 0.6 is 0 Å². The van der Waals surface area contributed by atoms with Crippen LogP contribution in [0.1, 0.15) is 27.7 Å². The highest BCUT2D eigenvalue weighted by Crippen LogP contribution is 2.27. The molecular weight excluding hydrogens is 170 g/mol. The lowest BCUT2D eigenvalue weighted by Gasteiger charge is -2.17. The first kappa shape index (κ1) is 12.7. The van der Waals surface area contributed by atoms with E-state index in [4.69, 9.17) is 5.26 Å². The second-order valence-electron chi connectivity index (χ2n) is 3.97. The Labute approximate surface area is 87.4 Å². The maximum absolute atomic E-state index is 8.86. The minimum Gasteiger partial charge on any atom is -0.192 e. The molecule has 0 aliphatic heterocycles. The molecule has 0 rings (SSSR count). The molecule has 0 aliphatic carbocycles. The van der Waals surface area contributed by atoms with E-state index >= 15 is 0 Å². The van der Waals surface area contributed by atoms with Gasteiger partial charge in [-0.15, -0.1) is 0 Å². The quantitative estimate of drug-likeness (QED) is 0.486. The number of allylic oxidation sites excluding steroid dienone is 4. The van der Waals surface area contributed by atoms with Gasteiger partial charge in [-0.2, -0.15) is 5.26 Å². The minimum absolute atomic E-state index is 0.317. The highest BCUT2D eigenvalue weighted by atomic mass is 14.3. The Morgan fingerprint density at radius 3 is 1.93 bits per heavy atom. The zero-order valence-electron chi connectivity index (χ0n) is 9.59. The molecule has 0 saturated carbocycles. The molecule has 1 heteroatoms. The molecule has 0 aromatic rings. The number of rotatable bonds is 4. The Hall–Kier alpha value is -1.29. The maximum atomic E-state index is 8.86. The van der Waals surface area contributed by atoms with E-state index in [1.807, 2.05) is 6.08 Å². The molecule has 1 nitrogen and oxygen atoms in total. The van der Waals surface area contributed by atoms with E-state index in [2.05, 4.69) is 46.9 Å². The zero-order valence-corrected chi connectivity index (χ0v) is 9.59. The lowest BCUT2D eigenvalue weighted by atomic mass is 9.87. The lowest BCUT2D eigenvalue weighted by molar-refractivity contribution is 0.718. The van der Waals surface area contributed by atoms with Gasteiger partial charge in [-0.05, 0) is 23.0 Å². The molecule has 0 bridgehead atoms. The fourth-order valence-electron chi connectivity index (χ4n) is 1.57. The van der Waals surface area contributed by atoms with Crippen molar-refractivity contribution in [1.29, 1.82) is 5.26 Å². The van der Waals surface area contributed by atoms with Crippen molar-refractivity contribution in [3.63, 3.8) is 0 Å². The fourth-order valence-corrected chi connectivity index (χ4v) is 1.57. The van der Waals surface area contributed by atoms with Crippen molar-refractivity contribution in [2.45, 2.75) is 27.7 Å². The topological polar surface area (TPSA) is 23.8 Å². The molecule has 0 fully saturated rings. The van der Waals surface area contributed by atoms with Crippen molar-refractivity contribution in [1.82, 2.24) is 0 Å². The third-order valence-electron chi connectivity index (χ3n) is 2.19. The van der Waals surface area contributed by atoms with Gasteiger partial charge in [0.05, 0.1) is 6.07 Å². The summed E-state index contributed by atoms with van der Waals surface area (Å²) in [6.07, 6.45) is 1.84. The van der Waals surface area contributed by atoms with Crippen molar-refractivity contribution < 1.29 is 0 Å². The second kappa shape index (κ2) is 5.44. The molecule has 0 heterocycles. The van der Waals surface area contributed by atoms with E-state index in [-0.39, 0.29) is 0 Å². The summed E-state index contributed by atoms with van der Waals surface area (Å²) in [7, 11) is 0. The van der Waals surface area contributed by atoms with Crippen LogP contribution in [0.25, 0.3) is 0 Å². The van der Waals surface area contributed by atoms with Crippen molar-refractivity contribution in [3.8, 4) is 6.07 Å². The van der Waals surface area contributed by atoms with Gasteiger partial charge in [0, 0.05) is 5.57 Å². The van der Waals surface area contributed by atoms with Crippen molar-refractivity contribution in [3.05, 3.63) is 36.0 Å². The summed E-state index contributed by atoms with van der Waals surface area (Å²) in [5.74, 6) is 0.701. The van der Waals surface area contributed by atoms with Crippen LogP contribution in [0.15, 0.2) is 36.0 Å². The molecule has 0 unspecified atom stereocenters. The molecule has 0 spiro atoms. The molecule has 76 valence electrons. The molecule has 14 heavy (non-hydrogen) atoms. The molecular formula is C13H19N. The van der Waals surface area contributed by atoms with E-state index in [0.29, 0.717) is 17.4 Å². The first-order valence-corrected chi connectivity index (χ1v) is 4.91. The van der Waals surface area contributed by atoms with E-state index in [1.165, 1.54) is 0 Å². The van der Waals surface area contributed by atoms with E-state index in [0.717, 1.165) is 11.1 Å². The zero-order chi connectivity index (χ0) is 11.3. The summed E-state index contributed by atoms with van der Waals surface area (Å²) in [6, 6.07) is 2.12. The molecule has 0 aliphatic rings. The van der Waals surface area contributed by atoms with Gasteiger partial charge >= 0.3 is 0 Å². The van der Waals surface area contributed by atoms with Crippen LogP contribution < -0.4 is 0 Å². The smallest absolute Gasteiger partial charge is 0.0988 e. The molecule has 0 aromatic heterocycles. The average Bonchev–Trinajstić information content (AvgIpc) is 2.11. The van der Waals surface area contributed by atoms with Gasteiger partial charge < -0.3 is 0 Å². The Balaban J connectivity index is 5.46. The molecule has 0 N–H and O–H groups in total. The normalized spacial score (nSPS) is 12.4. The molecule has 0 atom stereocenters. The Bertz CT molecular complexity index is 298. The predicted molar refractivity (Wildman–Crippen MR) is 61.7 cm³/mol. The van der Waals surface area contributed by atoms with Crippen LogP contribution in [0.4, 0.5) is 0 Å². The highest BCUT2D eigenvalue weighted by Gasteiger charge is 2.14. The van der Waals surface area contributed by atoms with Gasteiger partial charge in [0.25, 0.3) is 0 Å². The summed E-state index contributed by atoms with van der Waals surface area (Å²) in [4.78, 5) is 0. The van der Waals surface area contributed by atoms with Crippen LogP contribution in [0.5, 0.6) is 0 Å².